The van der Waals surface area contributed by atoms with Gasteiger partial charge in [-0.15, -0.1) is 0 Å². The van der Waals surface area contributed by atoms with Gasteiger partial charge in [0.2, 0.25) is 11.2 Å². The Morgan fingerprint density at radius 2 is 2.24 bits per heavy atom. The highest BCUT2D eigenvalue weighted by Gasteiger charge is 2.15. The van der Waals surface area contributed by atoms with E-state index >= 15 is 0 Å². The number of carbonyl (C=O) groups excluding carboxylic acids is 1. The van der Waals surface area contributed by atoms with E-state index in [2.05, 4.69) is 16.9 Å². The third-order valence-electron chi connectivity index (χ3n) is 2.12. The second kappa shape index (κ2) is 6.61. The standard InChI is InChI=1S/C10H14Cl2N4O/c1-2-3-4-16(6-8(13)17)9-7(11)5-14-10(12)15-9/h5H,2-4,6H2,1H3,(H2,13,17). The molecule has 0 aliphatic rings. The van der Waals surface area contributed by atoms with Crippen LogP contribution in [0.5, 0.6) is 0 Å². The zero-order valence-electron chi connectivity index (χ0n) is 9.49. The molecule has 0 aliphatic heterocycles. The molecule has 0 saturated carbocycles. The van der Waals surface area contributed by atoms with Crippen molar-refractivity contribution in [2.75, 3.05) is 18.0 Å². The summed E-state index contributed by atoms with van der Waals surface area (Å²) < 4.78 is 0. The summed E-state index contributed by atoms with van der Waals surface area (Å²) in [5.74, 6) is 0.00539. The molecule has 7 heteroatoms. The number of hydrogen-bond donors (Lipinski definition) is 1. The summed E-state index contributed by atoms with van der Waals surface area (Å²) in [6, 6.07) is 0. The second-order valence-electron chi connectivity index (χ2n) is 3.55. The van der Waals surface area contributed by atoms with Gasteiger partial charge in [0.15, 0.2) is 5.82 Å². The molecular formula is C10H14Cl2N4O. The van der Waals surface area contributed by atoms with E-state index in [9.17, 15) is 4.79 Å². The Hall–Kier alpha value is -1.07. The predicted molar refractivity (Wildman–Crippen MR) is 68.4 cm³/mol. The van der Waals surface area contributed by atoms with Crippen molar-refractivity contribution in [3.05, 3.63) is 16.5 Å². The molecule has 0 spiro atoms. The molecule has 0 fully saturated rings. The molecule has 0 atom stereocenters. The summed E-state index contributed by atoms with van der Waals surface area (Å²) in [7, 11) is 0. The first-order valence-corrected chi connectivity index (χ1v) is 6.01. The lowest BCUT2D eigenvalue weighted by molar-refractivity contribution is -0.116. The number of amides is 1. The highest BCUT2D eigenvalue weighted by molar-refractivity contribution is 6.33. The molecule has 1 aromatic heterocycles. The lowest BCUT2D eigenvalue weighted by Crippen LogP contribution is -2.35. The summed E-state index contributed by atoms with van der Waals surface area (Å²) in [5, 5.41) is 0.446. The van der Waals surface area contributed by atoms with Crippen LogP contribution in [0.1, 0.15) is 19.8 Å². The number of hydrogen-bond acceptors (Lipinski definition) is 4. The number of carbonyl (C=O) groups is 1. The zero-order valence-corrected chi connectivity index (χ0v) is 11.0. The molecule has 0 unspecified atom stereocenters. The van der Waals surface area contributed by atoms with E-state index < -0.39 is 5.91 Å². The molecule has 1 amide bonds. The summed E-state index contributed by atoms with van der Waals surface area (Å²) >= 11 is 11.7. The Balaban J connectivity index is 2.93. The van der Waals surface area contributed by atoms with Crippen LogP contribution < -0.4 is 10.6 Å². The van der Waals surface area contributed by atoms with Crippen LogP contribution in [0.4, 0.5) is 5.82 Å². The lowest BCUT2D eigenvalue weighted by atomic mass is 10.3. The fourth-order valence-corrected chi connectivity index (χ4v) is 1.70. The van der Waals surface area contributed by atoms with Crippen molar-refractivity contribution in [3.8, 4) is 0 Å². The van der Waals surface area contributed by atoms with Crippen LogP contribution in [-0.2, 0) is 4.79 Å². The average Bonchev–Trinajstić information content (AvgIpc) is 2.27. The summed E-state index contributed by atoms with van der Waals surface area (Å²) in [6.45, 7) is 2.76. The van der Waals surface area contributed by atoms with Crippen molar-refractivity contribution in [1.29, 1.82) is 0 Å². The van der Waals surface area contributed by atoms with Crippen molar-refractivity contribution in [2.24, 2.45) is 5.73 Å². The maximum Gasteiger partial charge on any atom is 0.236 e. The smallest absolute Gasteiger partial charge is 0.236 e. The molecule has 1 rings (SSSR count). The van der Waals surface area contributed by atoms with Crippen molar-refractivity contribution < 1.29 is 4.79 Å². The van der Waals surface area contributed by atoms with Crippen LogP contribution in [0.3, 0.4) is 0 Å². The fourth-order valence-electron chi connectivity index (χ4n) is 1.36. The quantitative estimate of drug-likeness (QED) is 0.806. The number of halogens is 2. The van der Waals surface area contributed by atoms with Gasteiger partial charge in [0.25, 0.3) is 0 Å². The molecular weight excluding hydrogens is 263 g/mol. The minimum Gasteiger partial charge on any atom is -0.368 e. The van der Waals surface area contributed by atoms with Gasteiger partial charge in [-0.05, 0) is 18.0 Å². The number of anilines is 1. The molecule has 94 valence electrons. The molecule has 17 heavy (non-hydrogen) atoms. The fraction of sp³-hybridized carbons (Fsp3) is 0.500. The largest absolute Gasteiger partial charge is 0.368 e. The van der Waals surface area contributed by atoms with E-state index in [-0.39, 0.29) is 11.8 Å². The van der Waals surface area contributed by atoms with Gasteiger partial charge in [-0.1, -0.05) is 24.9 Å². The number of unbranched alkanes of at least 4 members (excludes halogenated alkanes) is 1. The molecule has 1 aromatic rings. The third-order valence-corrected chi connectivity index (χ3v) is 2.57. The normalized spacial score (nSPS) is 10.3. The van der Waals surface area contributed by atoms with Crippen LogP contribution in [0, 0.1) is 0 Å². The van der Waals surface area contributed by atoms with E-state index in [1.165, 1.54) is 6.20 Å². The van der Waals surface area contributed by atoms with Crippen LogP contribution in [0.15, 0.2) is 6.20 Å². The predicted octanol–water partition coefficient (Wildman–Crippen LogP) is 1.88. The van der Waals surface area contributed by atoms with Gasteiger partial charge < -0.3 is 10.6 Å². The summed E-state index contributed by atoms with van der Waals surface area (Å²) in [5.41, 5.74) is 5.19. The van der Waals surface area contributed by atoms with Crippen molar-refractivity contribution in [2.45, 2.75) is 19.8 Å². The minimum absolute atomic E-state index is 0.0626. The summed E-state index contributed by atoms with van der Waals surface area (Å²) in [6.07, 6.45) is 3.31. The van der Waals surface area contributed by atoms with Crippen LogP contribution in [0.25, 0.3) is 0 Å². The molecule has 0 radical (unpaired) electrons. The van der Waals surface area contributed by atoms with Crippen molar-refractivity contribution >= 4 is 34.9 Å². The maximum absolute atomic E-state index is 11.0. The van der Waals surface area contributed by atoms with Gasteiger partial charge in [0, 0.05) is 6.54 Å². The molecule has 5 nitrogen and oxygen atoms in total. The van der Waals surface area contributed by atoms with Crippen molar-refractivity contribution in [1.82, 2.24) is 9.97 Å². The van der Waals surface area contributed by atoms with E-state index in [1.54, 1.807) is 4.90 Å². The Morgan fingerprint density at radius 3 is 2.82 bits per heavy atom. The zero-order chi connectivity index (χ0) is 12.8. The van der Waals surface area contributed by atoms with E-state index in [4.69, 9.17) is 28.9 Å². The number of nitrogens with two attached hydrogens (primary N) is 1. The topological polar surface area (TPSA) is 72.1 Å². The van der Waals surface area contributed by atoms with Gasteiger partial charge in [-0.25, -0.2) is 4.98 Å². The maximum atomic E-state index is 11.0. The van der Waals surface area contributed by atoms with E-state index in [1.807, 2.05) is 0 Å². The number of nitrogens with zero attached hydrogens (tertiary/aromatic N) is 3. The SMILES string of the molecule is CCCCN(CC(N)=O)c1nc(Cl)ncc1Cl. The van der Waals surface area contributed by atoms with Crippen LogP contribution in [-0.4, -0.2) is 29.0 Å². The van der Waals surface area contributed by atoms with Crippen LogP contribution >= 0.6 is 23.2 Å². The number of aromatic nitrogens is 2. The first-order chi connectivity index (χ1) is 8.04. The first-order valence-electron chi connectivity index (χ1n) is 5.26. The molecule has 0 aliphatic carbocycles. The second-order valence-corrected chi connectivity index (χ2v) is 4.30. The molecule has 0 aromatic carbocycles. The Labute approximate surface area is 110 Å². The summed E-state index contributed by atoms with van der Waals surface area (Å²) in [4.78, 5) is 20.5. The van der Waals surface area contributed by atoms with Gasteiger partial charge in [-0.3, -0.25) is 4.79 Å². The van der Waals surface area contributed by atoms with Crippen molar-refractivity contribution in [3.63, 3.8) is 0 Å². The Kier molecular flexibility index (Phi) is 5.44. The third kappa shape index (κ3) is 4.36. The Bertz CT molecular complexity index is 400. The van der Waals surface area contributed by atoms with Crippen LogP contribution in [0.2, 0.25) is 10.3 Å². The van der Waals surface area contributed by atoms with Gasteiger partial charge in [0.05, 0.1) is 12.7 Å². The molecule has 0 bridgehead atoms. The monoisotopic (exact) mass is 276 g/mol. The van der Waals surface area contributed by atoms with Gasteiger partial charge >= 0.3 is 0 Å². The molecule has 1 heterocycles. The van der Waals surface area contributed by atoms with Gasteiger partial charge in [-0.2, -0.15) is 4.98 Å². The van der Waals surface area contributed by atoms with E-state index in [0.29, 0.717) is 17.4 Å². The highest BCUT2D eigenvalue weighted by Crippen LogP contribution is 2.23. The van der Waals surface area contributed by atoms with Gasteiger partial charge in [0.1, 0.15) is 5.02 Å². The molecule has 2 N–H and O–H groups in total. The number of rotatable bonds is 6. The lowest BCUT2D eigenvalue weighted by Gasteiger charge is -2.22. The Morgan fingerprint density at radius 1 is 1.53 bits per heavy atom. The number of primary amides is 1. The highest BCUT2D eigenvalue weighted by atomic mass is 35.5. The van der Waals surface area contributed by atoms with E-state index in [0.717, 1.165) is 12.8 Å². The minimum atomic E-state index is -0.438. The average molecular weight is 277 g/mol. The first kappa shape index (κ1) is 14.0. The molecule has 0 saturated heterocycles.